The molecule has 0 saturated heterocycles. The fourth-order valence-corrected chi connectivity index (χ4v) is 3.44. The Balaban J connectivity index is 1.34. The average Bonchev–Trinajstić information content (AvgIpc) is 3.29. The van der Waals surface area contributed by atoms with Crippen molar-refractivity contribution in [3.63, 3.8) is 0 Å². The van der Waals surface area contributed by atoms with E-state index in [1.54, 1.807) is 48.0 Å². The number of carbonyl (C=O) groups is 2. The number of aromatic nitrogens is 1. The molecule has 0 aliphatic rings. The van der Waals surface area contributed by atoms with Gasteiger partial charge in [-0.1, -0.05) is 23.2 Å². The first kappa shape index (κ1) is 22.9. The van der Waals surface area contributed by atoms with Gasteiger partial charge in [-0.3, -0.25) is 20.4 Å². The zero-order valence-corrected chi connectivity index (χ0v) is 18.6. The Morgan fingerprint density at radius 3 is 2.55 bits per heavy atom. The molecule has 0 saturated carbocycles. The van der Waals surface area contributed by atoms with Crippen molar-refractivity contribution in [3.05, 3.63) is 74.7 Å². The van der Waals surface area contributed by atoms with E-state index in [0.717, 1.165) is 5.69 Å². The fourth-order valence-electron chi connectivity index (χ4n) is 2.44. The molecule has 0 unspecified atom stereocenters. The van der Waals surface area contributed by atoms with Crippen LogP contribution < -0.4 is 20.3 Å². The van der Waals surface area contributed by atoms with Gasteiger partial charge in [-0.15, -0.1) is 11.3 Å². The first-order valence-corrected chi connectivity index (χ1v) is 11.0. The lowest BCUT2D eigenvalue weighted by molar-refractivity contribution is -0.122. The minimum Gasteiger partial charge on any atom is -0.492 e. The van der Waals surface area contributed by atoms with Gasteiger partial charge in [-0.05, 0) is 48.9 Å². The van der Waals surface area contributed by atoms with Crippen LogP contribution in [0.2, 0.25) is 10.0 Å². The summed E-state index contributed by atoms with van der Waals surface area (Å²) in [6, 6.07) is 11.5. The zero-order valence-electron chi connectivity index (χ0n) is 16.3. The smallest absolute Gasteiger partial charge is 0.269 e. The number of amides is 2. The lowest BCUT2D eigenvalue weighted by Gasteiger charge is -2.10. The largest absolute Gasteiger partial charge is 0.492 e. The van der Waals surface area contributed by atoms with Gasteiger partial charge in [0, 0.05) is 22.4 Å². The van der Waals surface area contributed by atoms with Crippen molar-refractivity contribution in [1.29, 1.82) is 0 Å². The number of thiazole rings is 1. The first-order valence-electron chi connectivity index (χ1n) is 9.28. The van der Waals surface area contributed by atoms with E-state index in [1.807, 2.05) is 5.38 Å². The van der Waals surface area contributed by atoms with E-state index in [2.05, 4.69) is 15.8 Å². The molecule has 0 aliphatic heterocycles. The molecule has 2 amide bonds. The number of hydrogen-bond donors (Lipinski definition) is 2. The summed E-state index contributed by atoms with van der Waals surface area (Å²) in [4.78, 5) is 28.2. The molecule has 0 atom stereocenters. The summed E-state index contributed by atoms with van der Waals surface area (Å²) in [6.45, 7) is 0.657. The molecule has 31 heavy (non-hydrogen) atoms. The average molecular weight is 480 g/mol. The number of carbonyl (C=O) groups excluding carboxylic acids is 2. The highest BCUT2D eigenvalue weighted by atomic mass is 35.5. The highest BCUT2D eigenvalue weighted by Gasteiger charge is 2.09. The second-order valence-electron chi connectivity index (χ2n) is 6.32. The molecule has 2 aromatic carbocycles. The number of nitrogens with zero attached hydrogens (tertiary/aromatic N) is 1. The van der Waals surface area contributed by atoms with Crippen molar-refractivity contribution in [2.75, 3.05) is 6.61 Å². The molecule has 3 aromatic rings. The number of hydrazine groups is 1. The van der Waals surface area contributed by atoms with Crippen LogP contribution in [0.15, 0.2) is 53.4 Å². The summed E-state index contributed by atoms with van der Waals surface area (Å²) >= 11 is 13.3. The SMILES string of the molecule is O=C(CCCOc1ccc(Cl)cc1Cl)NNC(=O)c1ccc(OCc2cscn2)cc1. The lowest BCUT2D eigenvalue weighted by Crippen LogP contribution is -2.41. The number of rotatable bonds is 9. The second-order valence-corrected chi connectivity index (χ2v) is 7.88. The van der Waals surface area contributed by atoms with Crippen LogP contribution in [-0.4, -0.2) is 23.4 Å². The van der Waals surface area contributed by atoms with Crippen LogP contribution in [0.1, 0.15) is 28.9 Å². The van der Waals surface area contributed by atoms with Crippen molar-refractivity contribution in [1.82, 2.24) is 15.8 Å². The van der Waals surface area contributed by atoms with E-state index >= 15 is 0 Å². The molecule has 3 rings (SSSR count). The van der Waals surface area contributed by atoms with Gasteiger partial charge in [-0.25, -0.2) is 4.98 Å². The Hall–Kier alpha value is -2.81. The van der Waals surface area contributed by atoms with Gasteiger partial charge in [0.15, 0.2) is 0 Å². The maximum absolute atomic E-state index is 12.2. The fraction of sp³-hybridized carbons (Fsp3) is 0.190. The van der Waals surface area contributed by atoms with Gasteiger partial charge in [-0.2, -0.15) is 0 Å². The van der Waals surface area contributed by atoms with Crippen LogP contribution in [0.5, 0.6) is 11.5 Å². The molecule has 0 radical (unpaired) electrons. The van der Waals surface area contributed by atoms with E-state index in [0.29, 0.717) is 46.7 Å². The van der Waals surface area contributed by atoms with Crippen LogP contribution in [0, 0.1) is 0 Å². The topological polar surface area (TPSA) is 89.6 Å². The van der Waals surface area contributed by atoms with Gasteiger partial charge in [0.1, 0.15) is 18.1 Å². The molecule has 10 heteroatoms. The molecule has 7 nitrogen and oxygen atoms in total. The molecular formula is C21H19Cl2N3O4S. The maximum Gasteiger partial charge on any atom is 0.269 e. The number of hydrogen-bond acceptors (Lipinski definition) is 6. The Morgan fingerprint density at radius 1 is 1.03 bits per heavy atom. The zero-order chi connectivity index (χ0) is 22.1. The third kappa shape index (κ3) is 7.43. The van der Waals surface area contributed by atoms with E-state index < -0.39 is 5.91 Å². The third-order valence-electron chi connectivity index (χ3n) is 4.00. The van der Waals surface area contributed by atoms with Crippen molar-refractivity contribution < 1.29 is 19.1 Å². The molecule has 0 fully saturated rings. The van der Waals surface area contributed by atoms with Crippen molar-refractivity contribution in [2.45, 2.75) is 19.4 Å². The van der Waals surface area contributed by atoms with Gasteiger partial charge < -0.3 is 9.47 Å². The van der Waals surface area contributed by atoms with E-state index in [4.69, 9.17) is 32.7 Å². The van der Waals surface area contributed by atoms with Crippen LogP contribution in [0.4, 0.5) is 0 Å². The summed E-state index contributed by atoms with van der Waals surface area (Å²) < 4.78 is 11.1. The molecule has 0 aliphatic carbocycles. The Bertz CT molecular complexity index is 1010. The van der Waals surface area contributed by atoms with E-state index in [1.165, 1.54) is 11.3 Å². The van der Waals surface area contributed by atoms with E-state index in [-0.39, 0.29) is 12.3 Å². The normalized spacial score (nSPS) is 10.4. The molecule has 1 heterocycles. The second kappa shape index (κ2) is 11.5. The van der Waals surface area contributed by atoms with Crippen LogP contribution >= 0.6 is 34.5 Å². The highest BCUT2D eigenvalue weighted by molar-refractivity contribution is 7.07. The summed E-state index contributed by atoms with van der Waals surface area (Å²) in [7, 11) is 0. The molecule has 0 spiro atoms. The van der Waals surface area contributed by atoms with Gasteiger partial charge in [0.2, 0.25) is 5.91 Å². The van der Waals surface area contributed by atoms with Crippen LogP contribution in [-0.2, 0) is 11.4 Å². The summed E-state index contributed by atoms with van der Waals surface area (Å²) in [5.74, 6) is 0.360. The predicted octanol–water partition coefficient (Wildman–Crippen LogP) is 4.65. The Morgan fingerprint density at radius 2 is 1.84 bits per heavy atom. The minimum atomic E-state index is -0.427. The van der Waals surface area contributed by atoms with Gasteiger partial charge in [0.05, 0.1) is 22.8 Å². The monoisotopic (exact) mass is 479 g/mol. The van der Waals surface area contributed by atoms with Gasteiger partial charge >= 0.3 is 0 Å². The van der Waals surface area contributed by atoms with E-state index in [9.17, 15) is 9.59 Å². The number of halogens is 2. The standard InChI is InChI=1S/C21H19Cl2N3O4S/c22-15-5-8-19(18(23)10-15)29-9-1-2-20(27)25-26-21(28)14-3-6-17(7-4-14)30-11-16-12-31-13-24-16/h3-8,10,12-13H,1-2,9,11H2,(H,25,27)(H,26,28). The Labute approximate surface area is 193 Å². The lowest BCUT2D eigenvalue weighted by atomic mass is 10.2. The summed E-state index contributed by atoms with van der Waals surface area (Å²) in [5.41, 5.74) is 7.74. The maximum atomic E-state index is 12.2. The predicted molar refractivity (Wildman–Crippen MR) is 120 cm³/mol. The quantitative estimate of drug-likeness (QED) is 0.344. The molecular weight excluding hydrogens is 461 g/mol. The first-order chi connectivity index (χ1) is 15.0. The molecule has 162 valence electrons. The van der Waals surface area contributed by atoms with Crippen molar-refractivity contribution in [2.24, 2.45) is 0 Å². The number of nitrogens with one attached hydrogen (secondary N) is 2. The molecule has 2 N–H and O–H groups in total. The van der Waals surface area contributed by atoms with Crippen LogP contribution in [0.25, 0.3) is 0 Å². The van der Waals surface area contributed by atoms with Crippen molar-refractivity contribution >= 4 is 46.4 Å². The number of benzene rings is 2. The summed E-state index contributed by atoms with van der Waals surface area (Å²) in [5, 5.41) is 2.83. The van der Waals surface area contributed by atoms with Crippen molar-refractivity contribution in [3.8, 4) is 11.5 Å². The molecule has 0 bridgehead atoms. The van der Waals surface area contributed by atoms with Gasteiger partial charge in [0.25, 0.3) is 5.91 Å². The third-order valence-corrected chi connectivity index (χ3v) is 5.17. The molecule has 1 aromatic heterocycles. The number of ether oxygens (including phenoxy) is 2. The minimum absolute atomic E-state index is 0.175. The highest BCUT2D eigenvalue weighted by Crippen LogP contribution is 2.27. The van der Waals surface area contributed by atoms with Crippen LogP contribution in [0.3, 0.4) is 0 Å². The Kier molecular flexibility index (Phi) is 8.52. The summed E-state index contributed by atoms with van der Waals surface area (Å²) in [6.07, 6.45) is 0.626.